The Morgan fingerprint density at radius 3 is 2.56 bits per heavy atom. The summed E-state index contributed by atoms with van der Waals surface area (Å²) in [5.41, 5.74) is 3.34. The number of ether oxygens (including phenoxy) is 2. The third kappa shape index (κ3) is 4.67. The van der Waals surface area contributed by atoms with E-state index in [0.717, 1.165) is 11.3 Å². The molecule has 9 nitrogen and oxygen atoms in total. The Kier molecular flexibility index (Phi) is 6.44. The van der Waals surface area contributed by atoms with E-state index < -0.39 is 6.04 Å². The first kappa shape index (κ1) is 22.9. The molecule has 3 aromatic heterocycles. The summed E-state index contributed by atoms with van der Waals surface area (Å²) in [5.74, 6) is 1.51. The van der Waals surface area contributed by atoms with Gasteiger partial charge < -0.3 is 24.5 Å². The summed E-state index contributed by atoms with van der Waals surface area (Å²) in [6, 6.07) is 17.8. The van der Waals surface area contributed by atoms with E-state index in [2.05, 4.69) is 20.6 Å². The van der Waals surface area contributed by atoms with Gasteiger partial charge in [0.15, 0.2) is 23.0 Å². The minimum Gasteiger partial charge on any atom is -0.493 e. The molecule has 1 unspecified atom stereocenters. The largest absolute Gasteiger partial charge is 0.493 e. The monoisotopic (exact) mass is 480 g/mol. The fraction of sp³-hybridized carbons (Fsp3) is 0.111. The van der Waals surface area contributed by atoms with Crippen LogP contribution in [0.3, 0.4) is 0 Å². The first-order valence-electron chi connectivity index (χ1n) is 11.2. The molecular weight excluding hydrogens is 456 g/mol. The summed E-state index contributed by atoms with van der Waals surface area (Å²) in [4.78, 5) is 26.7. The molecule has 9 heteroatoms. The zero-order valence-corrected chi connectivity index (χ0v) is 19.8. The van der Waals surface area contributed by atoms with Gasteiger partial charge in [-0.05, 0) is 35.9 Å². The second kappa shape index (κ2) is 10.1. The molecule has 0 radical (unpaired) electrons. The molecule has 180 valence electrons. The number of rotatable bonds is 8. The summed E-state index contributed by atoms with van der Waals surface area (Å²) >= 11 is 0. The number of anilines is 2. The van der Waals surface area contributed by atoms with Gasteiger partial charge in [0.1, 0.15) is 0 Å². The first-order valence-corrected chi connectivity index (χ1v) is 11.2. The second-order valence-corrected chi connectivity index (χ2v) is 7.93. The van der Waals surface area contributed by atoms with E-state index in [1.54, 1.807) is 44.9 Å². The fourth-order valence-corrected chi connectivity index (χ4v) is 3.90. The van der Waals surface area contributed by atoms with Crippen LogP contribution in [-0.2, 0) is 0 Å². The molecule has 3 heterocycles. The highest BCUT2D eigenvalue weighted by molar-refractivity contribution is 5.94. The van der Waals surface area contributed by atoms with Crippen molar-refractivity contribution >= 4 is 23.1 Å². The van der Waals surface area contributed by atoms with Crippen molar-refractivity contribution in [1.29, 1.82) is 0 Å². The van der Waals surface area contributed by atoms with Crippen molar-refractivity contribution in [3.05, 3.63) is 108 Å². The summed E-state index contributed by atoms with van der Waals surface area (Å²) in [6.07, 6.45) is 8.79. The van der Waals surface area contributed by atoms with Crippen LogP contribution in [0.15, 0.2) is 91.6 Å². The Morgan fingerprint density at radius 1 is 0.972 bits per heavy atom. The fourth-order valence-electron chi connectivity index (χ4n) is 3.90. The maximum Gasteiger partial charge on any atom is 0.252 e. The molecule has 0 aliphatic rings. The van der Waals surface area contributed by atoms with Gasteiger partial charge in [0.25, 0.3) is 5.91 Å². The van der Waals surface area contributed by atoms with Gasteiger partial charge in [-0.2, -0.15) is 0 Å². The van der Waals surface area contributed by atoms with Gasteiger partial charge >= 0.3 is 0 Å². The molecule has 0 spiro atoms. The van der Waals surface area contributed by atoms with Gasteiger partial charge in [-0.3, -0.25) is 9.78 Å². The lowest BCUT2D eigenvalue weighted by atomic mass is 10.1. The molecule has 2 N–H and O–H groups in total. The number of pyridine rings is 1. The Bertz CT molecular complexity index is 1490. The van der Waals surface area contributed by atoms with Crippen LogP contribution in [-0.4, -0.2) is 39.5 Å². The average molecular weight is 481 g/mol. The number of aromatic nitrogens is 4. The van der Waals surface area contributed by atoms with Crippen molar-refractivity contribution < 1.29 is 14.3 Å². The molecule has 1 atom stereocenters. The lowest BCUT2D eigenvalue weighted by molar-refractivity contribution is 0.0942. The summed E-state index contributed by atoms with van der Waals surface area (Å²) in [6.45, 7) is 0. The number of hydrogen-bond acceptors (Lipinski definition) is 7. The van der Waals surface area contributed by atoms with E-state index in [4.69, 9.17) is 14.5 Å². The van der Waals surface area contributed by atoms with Crippen LogP contribution in [0.25, 0.3) is 5.65 Å². The van der Waals surface area contributed by atoms with Crippen LogP contribution < -0.4 is 20.1 Å². The SMILES string of the molecule is COc1ccc(Nc2nc(C(NC(=O)c3ccccc3)c3cccnc3)cn3ccnc23)cc1OC. The summed E-state index contributed by atoms with van der Waals surface area (Å²) in [7, 11) is 3.17. The Morgan fingerprint density at radius 2 is 1.81 bits per heavy atom. The number of carbonyl (C=O) groups excluding carboxylic acids is 1. The van der Waals surface area contributed by atoms with Crippen LogP contribution >= 0.6 is 0 Å². The zero-order chi connectivity index (χ0) is 24.9. The molecule has 0 bridgehead atoms. The van der Waals surface area contributed by atoms with Crippen molar-refractivity contribution in [1.82, 2.24) is 24.7 Å². The number of benzene rings is 2. The molecule has 0 aliphatic heterocycles. The number of nitrogens with one attached hydrogen (secondary N) is 2. The number of carbonyl (C=O) groups is 1. The highest BCUT2D eigenvalue weighted by Gasteiger charge is 2.22. The minimum absolute atomic E-state index is 0.216. The molecule has 0 saturated heterocycles. The number of nitrogens with zero attached hydrogens (tertiary/aromatic N) is 4. The van der Waals surface area contributed by atoms with Gasteiger partial charge in [-0.1, -0.05) is 24.3 Å². The van der Waals surface area contributed by atoms with Crippen molar-refractivity contribution in [2.24, 2.45) is 0 Å². The van der Waals surface area contributed by atoms with E-state index in [1.807, 2.05) is 65.3 Å². The normalized spacial score (nSPS) is 11.6. The van der Waals surface area contributed by atoms with Crippen molar-refractivity contribution in [2.45, 2.75) is 6.04 Å². The van der Waals surface area contributed by atoms with Gasteiger partial charge in [0.05, 0.1) is 26.0 Å². The van der Waals surface area contributed by atoms with E-state index >= 15 is 0 Å². The zero-order valence-electron chi connectivity index (χ0n) is 19.8. The van der Waals surface area contributed by atoms with Gasteiger partial charge in [0.2, 0.25) is 0 Å². The topological polar surface area (TPSA) is 103 Å². The van der Waals surface area contributed by atoms with E-state index in [-0.39, 0.29) is 5.91 Å². The van der Waals surface area contributed by atoms with Crippen LogP contribution in [0, 0.1) is 0 Å². The third-order valence-electron chi connectivity index (χ3n) is 5.66. The Balaban J connectivity index is 1.56. The number of methoxy groups -OCH3 is 2. The van der Waals surface area contributed by atoms with E-state index in [1.165, 1.54) is 0 Å². The Hall–Kier alpha value is -4.92. The quantitative estimate of drug-likeness (QED) is 0.339. The summed E-state index contributed by atoms with van der Waals surface area (Å²) in [5, 5.41) is 6.44. The number of fused-ring (bicyclic) bond motifs is 1. The molecule has 5 aromatic rings. The molecule has 5 rings (SSSR count). The highest BCUT2D eigenvalue weighted by Crippen LogP contribution is 2.32. The third-order valence-corrected chi connectivity index (χ3v) is 5.66. The average Bonchev–Trinajstić information content (AvgIpc) is 3.41. The predicted molar refractivity (Wildman–Crippen MR) is 136 cm³/mol. The molecule has 0 saturated carbocycles. The van der Waals surface area contributed by atoms with Crippen molar-refractivity contribution in [2.75, 3.05) is 19.5 Å². The van der Waals surface area contributed by atoms with E-state index in [9.17, 15) is 4.79 Å². The molecule has 0 fully saturated rings. The van der Waals surface area contributed by atoms with Gasteiger partial charge in [0, 0.05) is 48.3 Å². The maximum atomic E-state index is 13.1. The lowest BCUT2D eigenvalue weighted by Gasteiger charge is -2.20. The first-order chi connectivity index (χ1) is 17.7. The smallest absolute Gasteiger partial charge is 0.252 e. The molecule has 1 amide bonds. The molecule has 0 aliphatic carbocycles. The van der Waals surface area contributed by atoms with Gasteiger partial charge in [-0.25, -0.2) is 9.97 Å². The van der Waals surface area contributed by atoms with Crippen LogP contribution in [0.5, 0.6) is 11.5 Å². The number of amides is 1. The lowest BCUT2D eigenvalue weighted by Crippen LogP contribution is -2.30. The van der Waals surface area contributed by atoms with Crippen molar-refractivity contribution in [3.8, 4) is 11.5 Å². The predicted octanol–water partition coefficient (Wildman–Crippen LogP) is 4.40. The molecular formula is C27H24N6O3. The number of imidazole rings is 1. The molecule has 2 aromatic carbocycles. The standard InChI is InChI=1S/C27H24N6O3/c1-35-22-11-10-20(15-23(22)36-2)30-25-26-29-13-14-33(26)17-21(31-25)24(19-9-6-12-28-16-19)32-27(34)18-7-4-3-5-8-18/h3-17,24H,1-2H3,(H,30,31)(H,32,34). The minimum atomic E-state index is -0.552. The number of hydrogen-bond donors (Lipinski definition) is 2. The molecule has 36 heavy (non-hydrogen) atoms. The van der Waals surface area contributed by atoms with Gasteiger partial charge in [-0.15, -0.1) is 0 Å². The maximum absolute atomic E-state index is 13.1. The second-order valence-electron chi connectivity index (χ2n) is 7.93. The summed E-state index contributed by atoms with van der Waals surface area (Å²) < 4.78 is 12.6. The van der Waals surface area contributed by atoms with Crippen molar-refractivity contribution in [3.63, 3.8) is 0 Å². The van der Waals surface area contributed by atoms with Crippen LogP contribution in [0.2, 0.25) is 0 Å². The highest BCUT2D eigenvalue weighted by atomic mass is 16.5. The van der Waals surface area contributed by atoms with Crippen LogP contribution in [0.1, 0.15) is 27.7 Å². The van der Waals surface area contributed by atoms with Crippen LogP contribution in [0.4, 0.5) is 11.5 Å². The van der Waals surface area contributed by atoms with E-state index in [0.29, 0.717) is 34.2 Å². The Labute approximate surface area is 207 Å².